The summed E-state index contributed by atoms with van der Waals surface area (Å²) in [5.41, 5.74) is 2.67. The first-order valence-electron chi connectivity index (χ1n) is 9.66. The first-order valence-corrected chi connectivity index (χ1v) is 9.66. The van der Waals surface area contributed by atoms with Crippen molar-refractivity contribution in [3.05, 3.63) is 71.8 Å². The van der Waals surface area contributed by atoms with Gasteiger partial charge >= 0.3 is 42.3 Å². The van der Waals surface area contributed by atoms with Gasteiger partial charge in [-0.05, 0) is 30.4 Å². The van der Waals surface area contributed by atoms with E-state index < -0.39 is 0 Å². The van der Waals surface area contributed by atoms with Crippen LogP contribution in [0, 0.1) is 0 Å². The molecule has 0 aromatic heterocycles. The molecule has 0 saturated carbocycles. The van der Waals surface area contributed by atoms with Crippen molar-refractivity contribution in [2.45, 2.75) is 37.9 Å². The number of nitrogens with one attached hydrogen (secondary N) is 1. The van der Waals surface area contributed by atoms with Gasteiger partial charge in [0.1, 0.15) is 0 Å². The van der Waals surface area contributed by atoms with Gasteiger partial charge in [0.15, 0.2) is 0 Å². The molecule has 2 aliphatic heterocycles. The number of hydrogen-bond donors (Lipinski definition) is 1. The van der Waals surface area contributed by atoms with E-state index in [1.807, 2.05) is 6.07 Å². The molecule has 4 rings (SSSR count). The number of urea groups is 1. The Hall–Kier alpha value is -1.20. The van der Waals surface area contributed by atoms with Gasteiger partial charge in [-0.1, -0.05) is 60.7 Å². The molecule has 144 valence electrons. The zero-order chi connectivity index (χ0) is 17.8. The maximum Gasteiger partial charge on any atom is 3.00 e. The summed E-state index contributed by atoms with van der Waals surface area (Å²) in [7, 11) is 0. The second-order valence-electron chi connectivity index (χ2n) is 7.43. The Balaban J connectivity index is -0.00000140. The third-order valence-electron chi connectivity index (χ3n) is 5.63. The molecular formula is C22H31AlLiN3O. The minimum absolute atomic E-state index is 0. The fourth-order valence-electron chi connectivity index (χ4n) is 4.28. The Morgan fingerprint density at radius 1 is 0.929 bits per heavy atom. The Morgan fingerprint density at radius 2 is 1.50 bits per heavy atom. The zero-order valence-electron chi connectivity index (χ0n) is 20.8. The average Bonchev–Trinajstić information content (AvgIpc) is 3.04. The summed E-state index contributed by atoms with van der Waals surface area (Å²) in [6.07, 6.45) is 3.06. The van der Waals surface area contributed by atoms with E-state index in [0.29, 0.717) is 6.04 Å². The quantitative estimate of drug-likeness (QED) is 0.753. The van der Waals surface area contributed by atoms with Gasteiger partial charge in [-0.2, -0.15) is 0 Å². The second kappa shape index (κ2) is 11.1. The molecule has 2 fully saturated rings. The van der Waals surface area contributed by atoms with Crippen LogP contribution in [-0.2, 0) is 13.0 Å². The van der Waals surface area contributed by atoms with Crippen molar-refractivity contribution >= 4 is 23.4 Å². The van der Waals surface area contributed by atoms with Crippen LogP contribution in [0.2, 0.25) is 0 Å². The largest absolute Gasteiger partial charge is 3.00 e. The molecule has 28 heavy (non-hydrogen) atoms. The Bertz CT molecular complexity index is 740. The van der Waals surface area contributed by atoms with Gasteiger partial charge in [0.05, 0.1) is 6.04 Å². The van der Waals surface area contributed by atoms with Gasteiger partial charge in [0.25, 0.3) is 0 Å². The normalized spacial score (nSPS) is 20.2. The van der Waals surface area contributed by atoms with Crippen molar-refractivity contribution in [3.8, 4) is 0 Å². The van der Waals surface area contributed by atoms with Gasteiger partial charge in [0, 0.05) is 32.2 Å². The van der Waals surface area contributed by atoms with Crippen LogP contribution < -0.4 is 24.2 Å². The maximum atomic E-state index is 12.4. The molecule has 2 aliphatic rings. The first kappa shape index (κ1) is 23.1. The molecule has 2 saturated heterocycles. The maximum absolute atomic E-state index is 12.4. The smallest absolute Gasteiger partial charge is 1.00 e. The predicted octanol–water partition coefficient (Wildman–Crippen LogP) is 0.361. The molecule has 6 heteroatoms. The number of nitrogens with zero attached hydrogens (tertiary/aromatic N) is 2. The molecule has 4 nitrogen and oxygen atoms in total. The number of likely N-dealkylation sites (tertiary alicyclic amines) is 1. The van der Waals surface area contributed by atoms with Crippen LogP contribution in [-0.4, -0.2) is 64.9 Å². The van der Waals surface area contributed by atoms with Crippen molar-refractivity contribution in [3.63, 3.8) is 0 Å². The molecule has 0 bridgehead atoms. The minimum atomic E-state index is 0. The number of carbonyl (C=O) groups excluding carboxylic acids is 1. The molecule has 0 radical (unpaired) electrons. The number of benzene rings is 2. The molecule has 2 amide bonds. The van der Waals surface area contributed by atoms with E-state index in [1.165, 1.54) is 11.1 Å². The van der Waals surface area contributed by atoms with Gasteiger partial charge in [0.2, 0.25) is 0 Å². The van der Waals surface area contributed by atoms with E-state index in [9.17, 15) is 4.79 Å². The number of hydrogen-bond acceptors (Lipinski definition) is 2. The molecule has 1 N–H and O–H groups in total. The van der Waals surface area contributed by atoms with Crippen LogP contribution in [0.25, 0.3) is 0 Å². The first-order chi connectivity index (χ1) is 12.8. The molecule has 2 aromatic rings. The van der Waals surface area contributed by atoms with Gasteiger partial charge < -0.3 is 15.9 Å². The summed E-state index contributed by atoms with van der Waals surface area (Å²) >= 11 is 0. The summed E-state index contributed by atoms with van der Waals surface area (Å²) in [6.45, 7) is 3.88. The Kier molecular flexibility index (Phi) is 9.16. The third-order valence-corrected chi connectivity index (χ3v) is 5.63. The fourth-order valence-corrected chi connectivity index (χ4v) is 4.28. The van der Waals surface area contributed by atoms with E-state index in [4.69, 9.17) is 0 Å². The van der Waals surface area contributed by atoms with Crippen LogP contribution in [0.5, 0.6) is 0 Å². The van der Waals surface area contributed by atoms with Crippen molar-refractivity contribution in [2.24, 2.45) is 0 Å². The third kappa shape index (κ3) is 5.66. The summed E-state index contributed by atoms with van der Waals surface area (Å²) in [4.78, 5) is 17.1. The monoisotopic (exact) mass is 387 g/mol. The van der Waals surface area contributed by atoms with Crippen molar-refractivity contribution in [2.75, 3.05) is 19.6 Å². The summed E-state index contributed by atoms with van der Waals surface area (Å²) in [6, 6.07) is 21.9. The second-order valence-corrected chi connectivity index (χ2v) is 7.43. The standard InChI is InChI=1S/C22H27N3O.Al.Li.4H/c26-22-23-16-21(15-18-7-3-1-4-8-18)25(22)20-11-13-24(14-12-20)17-19-9-5-2-6-10-19;;;;;;/h1-10,20-21H,11-17H2,(H,23,26);;;;;;/q;+3;+1;4*-1. The number of carbonyl (C=O) groups is 1. The summed E-state index contributed by atoms with van der Waals surface area (Å²) in [5, 5.41) is 3.06. The molecular weight excluding hydrogens is 356 g/mol. The average molecular weight is 387 g/mol. The van der Waals surface area contributed by atoms with E-state index in [2.05, 4.69) is 69.7 Å². The minimum Gasteiger partial charge on any atom is -1.00 e. The Labute approximate surface area is 196 Å². The van der Waals surface area contributed by atoms with Gasteiger partial charge in [-0.25, -0.2) is 4.79 Å². The van der Waals surface area contributed by atoms with E-state index in [1.54, 1.807) is 0 Å². The van der Waals surface area contributed by atoms with Crippen LogP contribution in [0.1, 0.15) is 29.7 Å². The van der Waals surface area contributed by atoms with Gasteiger partial charge in [-0.15, -0.1) is 0 Å². The zero-order valence-corrected chi connectivity index (χ0v) is 17.9. The predicted molar refractivity (Wildman–Crippen MR) is 114 cm³/mol. The van der Waals surface area contributed by atoms with Crippen molar-refractivity contribution in [1.29, 1.82) is 0 Å². The Morgan fingerprint density at radius 3 is 2.11 bits per heavy atom. The van der Waals surface area contributed by atoms with Gasteiger partial charge in [-0.3, -0.25) is 4.90 Å². The summed E-state index contributed by atoms with van der Waals surface area (Å²) < 4.78 is 0. The van der Waals surface area contributed by atoms with E-state index >= 15 is 0 Å². The fraction of sp³-hybridized carbons (Fsp3) is 0.409. The van der Waals surface area contributed by atoms with E-state index in [0.717, 1.165) is 45.4 Å². The molecule has 2 aromatic carbocycles. The van der Waals surface area contributed by atoms with Crippen LogP contribution >= 0.6 is 0 Å². The van der Waals surface area contributed by atoms with Crippen molar-refractivity contribution in [1.82, 2.24) is 15.1 Å². The number of amides is 2. The van der Waals surface area contributed by atoms with Crippen LogP contribution in [0.3, 0.4) is 0 Å². The molecule has 1 unspecified atom stereocenters. The number of piperidine rings is 1. The van der Waals surface area contributed by atoms with Crippen LogP contribution in [0.15, 0.2) is 60.7 Å². The molecule has 0 aliphatic carbocycles. The van der Waals surface area contributed by atoms with Crippen LogP contribution in [0.4, 0.5) is 4.79 Å². The van der Waals surface area contributed by atoms with Crippen molar-refractivity contribution < 1.29 is 29.4 Å². The topological polar surface area (TPSA) is 35.6 Å². The number of rotatable bonds is 5. The van der Waals surface area contributed by atoms with E-state index in [-0.39, 0.29) is 54.0 Å². The SMILES string of the molecule is O=C1NCC(Cc2ccccc2)N1C1CCN(Cc2ccccc2)CC1.[Al+3].[H-].[H-].[H-].[H-].[Li+]. The molecule has 0 spiro atoms. The summed E-state index contributed by atoms with van der Waals surface area (Å²) in [5.74, 6) is 0. The molecule has 1 atom stereocenters. The molecule has 2 heterocycles.